The van der Waals surface area contributed by atoms with Gasteiger partial charge in [-0.3, -0.25) is 0 Å². The van der Waals surface area contributed by atoms with Crippen molar-refractivity contribution in [2.24, 2.45) is 0 Å². The fraction of sp³-hybridized carbons (Fsp3) is 0.176. The van der Waals surface area contributed by atoms with Crippen molar-refractivity contribution in [3.8, 4) is 17.2 Å². The fourth-order valence-corrected chi connectivity index (χ4v) is 2.57. The van der Waals surface area contributed by atoms with E-state index in [0.717, 1.165) is 23.6 Å². The van der Waals surface area contributed by atoms with Gasteiger partial charge in [-0.1, -0.05) is 30.3 Å². The van der Waals surface area contributed by atoms with E-state index in [9.17, 15) is 0 Å². The van der Waals surface area contributed by atoms with Gasteiger partial charge in [-0.05, 0) is 18.2 Å². The summed E-state index contributed by atoms with van der Waals surface area (Å²) < 4.78 is 9.03. The van der Waals surface area contributed by atoms with Gasteiger partial charge in [0.05, 0.1) is 18.4 Å². The summed E-state index contributed by atoms with van der Waals surface area (Å²) in [4.78, 5) is 8.84. The normalized spacial score (nSPS) is 11.0. The average molecular weight is 320 g/mol. The van der Waals surface area contributed by atoms with Crippen LogP contribution in [0.25, 0.3) is 17.2 Å². The van der Waals surface area contributed by atoms with E-state index >= 15 is 0 Å². The van der Waals surface area contributed by atoms with E-state index in [1.165, 1.54) is 0 Å². The third-order valence-corrected chi connectivity index (χ3v) is 3.71. The van der Waals surface area contributed by atoms with Crippen LogP contribution in [0.1, 0.15) is 18.6 Å². The predicted molar refractivity (Wildman–Crippen MR) is 87.6 cm³/mol. The summed E-state index contributed by atoms with van der Waals surface area (Å²) in [6.45, 7) is 2.48. The molecule has 0 saturated carbocycles. The number of hydrogen-bond acceptors (Lipinski definition) is 5. The molecule has 0 radical (unpaired) electrons. The van der Waals surface area contributed by atoms with Gasteiger partial charge in [-0.15, -0.1) is 0 Å². The van der Waals surface area contributed by atoms with Gasteiger partial charge in [-0.2, -0.15) is 10.1 Å². The van der Waals surface area contributed by atoms with Crippen molar-refractivity contribution in [2.75, 3.05) is 0 Å². The minimum Gasteiger partial charge on any atom is -0.339 e. The molecule has 3 heterocycles. The standard InChI is InChI=1S/C17H16N6O/c1-2-16-20-15(21-24-16)12-22-11-10-18-17(22)14-8-9-19-23(14)13-6-4-3-5-7-13/h3-11H,2,12H2,1H3. The van der Waals surface area contributed by atoms with Gasteiger partial charge >= 0.3 is 0 Å². The molecule has 120 valence electrons. The first kappa shape index (κ1) is 14.4. The highest BCUT2D eigenvalue weighted by atomic mass is 16.5. The second-order valence-electron chi connectivity index (χ2n) is 5.30. The maximum absolute atomic E-state index is 5.17. The zero-order valence-electron chi connectivity index (χ0n) is 13.2. The number of rotatable bonds is 5. The van der Waals surface area contributed by atoms with Crippen LogP contribution in [0.2, 0.25) is 0 Å². The van der Waals surface area contributed by atoms with Crippen LogP contribution in [-0.2, 0) is 13.0 Å². The lowest BCUT2D eigenvalue weighted by Gasteiger charge is -2.09. The number of aromatic nitrogens is 6. The summed E-state index contributed by atoms with van der Waals surface area (Å²) in [6.07, 6.45) is 6.16. The van der Waals surface area contributed by atoms with Crippen molar-refractivity contribution in [1.82, 2.24) is 29.5 Å². The van der Waals surface area contributed by atoms with E-state index in [2.05, 4.69) is 20.2 Å². The van der Waals surface area contributed by atoms with E-state index in [1.54, 1.807) is 12.4 Å². The van der Waals surface area contributed by atoms with Gasteiger partial charge < -0.3 is 9.09 Å². The second-order valence-corrected chi connectivity index (χ2v) is 5.30. The molecule has 1 aromatic carbocycles. The van der Waals surface area contributed by atoms with Crippen LogP contribution < -0.4 is 0 Å². The van der Waals surface area contributed by atoms with Gasteiger partial charge in [0.15, 0.2) is 11.6 Å². The van der Waals surface area contributed by atoms with Crippen molar-refractivity contribution in [1.29, 1.82) is 0 Å². The first-order chi connectivity index (χ1) is 11.8. The molecule has 0 bridgehead atoms. The van der Waals surface area contributed by atoms with Gasteiger partial charge in [0.25, 0.3) is 0 Å². The van der Waals surface area contributed by atoms with Gasteiger partial charge in [0.2, 0.25) is 5.89 Å². The third kappa shape index (κ3) is 2.60. The fourth-order valence-electron chi connectivity index (χ4n) is 2.57. The first-order valence-corrected chi connectivity index (χ1v) is 7.77. The molecule has 0 saturated heterocycles. The Hall–Kier alpha value is -3.22. The third-order valence-electron chi connectivity index (χ3n) is 3.71. The molecular formula is C17H16N6O. The lowest BCUT2D eigenvalue weighted by atomic mass is 10.3. The highest BCUT2D eigenvalue weighted by Crippen LogP contribution is 2.21. The molecule has 7 heteroatoms. The molecule has 0 N–H and O–H groups in total. The maximum atomic E-state index is 5.17. The Morgan fingerprint density at radius 1 is 1.08 bits per heavy atom. The molecule has 4 aromatic rings. The molecule has 0 unspecified atom stereocenters. The maximum Gasteiger partial charge on any atom is 0.226 e. The largest absolute Gasteiger partial charge is 0.339 e. The number of benzene rings is 1. The number of imidazole rings is 1. The molecular weight excluding hydrogens is 304 g/mol. The zero-order chi connectivity index (χ0) is 16.4. The van der Waals surface area contributed by atoms with Crippen molar-refractivity contribution in [3.63, 3.8) is 0 Å². The van der Waals surface area contributed by atoms with Crippen LogP contribution in [0, 0.1) is 0 Å². The number of aryl methyl sites for hydroxylation is 1. The van der Waals surface area contributed by atoms with E-state index in [1.807, 2.05) is 58.8 Å². The summed E-state index contributed by atoms with van der Waals surface area (Å²) >= 11 is 0. The Bertz CT molecular complexity index is 937. The average Bonchev–Trinajstić information content (AvgIpc) is 3.36. The van der Waals surface area contributed by atoms with Crippen molar-refractivity contribution in [2.45, 2.75) is 19.9 Å². The molecule has 3 aromatic heterocycles. The lowest BCUT2D eigenvalue weighted by molar-refractivity contribution is 0.375. The molecule has 0 aliphatic rings. The second kappa shape index (κ2) is 6.11. The summed E-state index contributed by atoms with van der Waals surface area (Å²) in [5, 5.41) is 8.43. The summed E-state index contributed by atoms with van der Waals surface area (Å²) in [5.74, 6) is 2.08. The Morgan fingerprint density at radius 3 is 2.75 bits per heavy atom. The molecule has 7 nitrogen and oxygen atoms in total. The van der Waals surface area contributed by atoms with Crippen LogP contribution in [0.15, 0.2) is 59.5 Å². The number of para-hydroxylation sites is 1. The quantitative estimate of drug-likeness (QED) is 0.565. The monoisotopic (exact) mass is 320 g/mol. The SMILES string of the molecule is CCc1nc(Cn2ccnc2-c2ccnn2-c2ccccc2)no1. The zero-order valence-corrected chi connectivity index (χ0v) is 13.2. The molecule has 0 spiro atoms. The molecule has 0 fully saturated rings. The Balaban J connectivity index is 1.69. The van der Waals surface area contributed by atoms with Crippen LogP contribution in [0.3, 0.4) is 0 Å². The predicted octanol–water partition coefficient (Wildman–Crippen LogP) is 2.73. The number of hydrogen-bond donors (Lipinski definition) is 0. The lowest BCUT2D eigenvalue weighted by Crippen LogP contribution is -2.06. The summed E-state index contributed by atoms with van der Waals surface area (Å²) in [6, 6.07) is 11.9. The molecule has 0 amide bonds. The van der Waals surface area contributed by atoms with Crippen LogP contribution >= 0.6 is 0 Å². The minimum atomic E-state index is 0.499. The highest BCUT2D eigenvalue weighted by Gasteiger charge is 2.14. The van der Waals surface area contributed by atoms with Crippen LogP contribution in [0.4, 0.5) is 0 Å². The minimum absolute atomic E-state index is 0.499. The molecule has 0 aliphatic heterocycles. The van der Waals surface area contributed by atoms with Crippen molar-refractivity contribution in [3.05, 3.63) is 66.7 Å². The van der Waals surface area contributed by atoms with Gasteiger partial charge in [-0.25, -0.2) is 9.67 Å². The molecule has 0 aliphatic carbocycles. The van der Waals surface area contributed by atoms with Crippen molar-refractivity contribution < 1.29 is 4.52 Å². The summed E-state index contributed by atoms with van der Waals surface area (Å²) in [5.41, 5.74) is 1.89. The van der Waals surface area contributed by atoms with Gasteiger partial charge in [0.1, 0.15) is 5.69 Å². The summed E-state index contributed by atoms with van der Waals surface area (Å²) in [7, 11) is 0. The number of nitrogens with zero attached hydrogens (tertiary/aromatic N) is 6. The molecule has 0 atom stereocenters. The first-order valence-electron chi connectivity index (χ1n) is 7.77. The van der Waals surface area contributed by atoms with E-state index in [4.69, 9.17) is 4.52 Å². The van der Waals surface area contributed by atoms with Gasteiger partial charge in [0, 0.05) is 18.8 Å². The Morgan fingerprint density at radius 2 is 1.96 bits per heavy atom. The molecule has 24 heavy (non-hydrogen) atoms. The highest BCUT2D eigenvalue weighted by molar-refractivity contribution is 5.54. The van der Waals surface area contributed by atoms with E-state index in [-0.39, 0.29) is 0 Å². The van der Waals surface area contributed by atoms with E-state index < -0.39 is 0 Å². The molecule has 4 rings (SSSR count). The van der Waals surface area contributed by atoms with Crippen LogP contribution in [-0.4, -0.2) is 29.5 Å². The smallest absolute Gasteiger partial charge is 0.226 e. The van der Waals surface area contributed by atoms with Crippen LogP contribution in [0.5, 0.6) is 0 Å². The Kier molecular flexibility index (Phi) is 3.66. The topological polar surface area (TPSA) is 74.6 Å². The Labute approximate surface area is 138 Å². The van der Waals surface area contributed by atoms with Crippen molar-refractivity contribution >= 4 is 0 Å². The van der Waals surface area contributed by atoms with E-state index in [0.29, 0.717) is 18.3 Å².